The highest BCUT2D eigenvalue weighted by Crippen LogP contribution is 2.38. The average molecular weight is 491 g/mol. The molecule has 1 N–H and O–H groups in total. The second kappa shape index (κ2) is 9.37. The molecule has 1 aliphatic heterocycles. The second-order valence-corrected chi connectivity index (χ2v) is 8.42. The largest absolute Gasteiger partial charge is 0.497 e. The molecule has 0 saturated carbocycles. The number of alkyl halides is 3. The van der Waals surface area contributed by atoms with Crippen molar-refractivity contribution in [3.8, 4) is 17.1 Å². The van der Waals surface area contributed by atoms with E-state index >= 15 is 0 Å². The molecule has 3 aromatic rings. The number of benzene rings is 2. The van der Waals surface area contributed by atoms with E-state index in [9.17, 15) is 22.8 Å². The van der Waals surface area contributed by atoms with Gasteiger partial charge in [0.05, 0.1) is 30.7 Å². The molecule has 178 valence electrons. The molecule has 2 amide bonds. The van der Waals surface area contributed by atoms with Gasteiger partial charge in [-0.15, -0.1) is 10.2 Å². The van der Waals surface area contributed by atoms with Crippen molar-refractivity contribution in [2.24, 2.45) is 7.05 Å². The minimum atomic E-state index is -4.79. The third-order valence-corrected chi connectivity index (χ3v) is 6.29. The van der Waals surface area contributed by atoms with Crippen LogP contribution in [0.2, 0.25) is 0 Å². The number of thioether (sulfide) groups is 1. The summed E-state index contributed by atoms with van der Waals surface area (Å²) in [6.45, 7) is 0. The standard InChI is InChI=1S/C22H20F3N5O3S/c1-29-20(13-7-9-14(33-2)10-8-13)27-28-21(29)34-12-19(32)30-16-6-4-3-5-15(16)26-18(31)11-17(30)22(23,24)25/h3-10,17H,11-12H2,1-2H3,(H,26,31). The van der Waals surface area contributed by atoms with E-state index in [4.69, 9.17) is 4.74 Å². The lowest BCUT2D eigenvalue weighted by Crippen LogP contribution is -2.50. The molecule has 0 aliphatic carbocycles. The number of nitrogens with zero attached hydrogens (tertiary/aromatic N) is 4. The van der Waals surface area contributed by atoms with Gasteiger partial charge in [0.15, 0.2) is 11.0 Å². The number of carbonyl (C=O) groups is 2. The van der Waals surface area contributed by atoms with E-state index < -0.39 is 30.5 Å². The Morgan fingerprint density at radius 1 is 1.18 bits per heavy atom. The van der Waals surface area contributed by atoms with Crippen molar-refractivity contribution in [2.75, 3.05) is 23.1 Å². The van der Waals surface area contributed by atoms with Crippen molar-refractivity contribution >= 4 is 35.0 Å². The van der Waals surface area contributed by atoms with Gasteiger partial charge in [-0.25, -0.2) is 0 Å². The van der Waals surface area contributed by atoms with Gasteiger partial charge in [-0.1, -0.05) is 23.9 Å². The van der Waals surface area contributed by atoms with Crippen LogP contribution in [0.25, 0.3) is 11.4 Å². The van der Waals surface area contributed by atoms with Crippen molar-refractivity contribution < 1.29 is 27.5 Å². The Labute approximate surface area is 197 Å². The molecule has 1 atom stereocenters. The number of amides is 2. The molecular formula is C22H20F3N5O3S. The maximum Gasteiger partial charge on any atom is 0.409 e. The zero-order valence-corrected chi connectivity index (χ0v) is 19.0. The molecule has 12 heteroatoms. The Hall–Kier alpha value is -3.54. The summed E-state index contributed by atoms with van der Waals surface area (Å²) in [6, 6.07) is 10.8. The fourth-order valence-electron chi connectivity index (χ4n) is 3.62. The van der Waals surface area contributed by atoms with Gasteiger partial charge in [0.2, 0.25) is 11.8 Å². The molecule has 2 aromatic carbocycles. The van der Waals surface area contributed by atoms with E-state index in [1.165, 1.54) is 18.2 Å². The van der Waals surface area contributed by atoms with E-state index in [2.05, 4.69) is 15.5 Å². The second-order valence-electron chi connectivity index (χ2n) is 7.47. The van der Waals surface area contributed by atoms with Gasteiger partial charge in [-0.2, -0.15) is 13.2 Å². The third-order valence-electron chi connectivity index (χ3n) is 5.28. The first-order valence-electron chi connectivity index (χ1n) is 10.1. The van der Waals surface area contributed by atoms with Gasteiger partial charge in [-0.05, 0) is 36.4 Å². The number of para-hydroxylation sites is 2. The Morgan fingerprint density at radius 2 is 1.88 bits per heavy atom. The summed E-state index contributed by atoms with van der Waals surface area (Å²) >= 11 is 0.968. The number of hydrogen-bond donors (Lipinski definition) is 1. The summed E-state index contributed by atoms with van der Waals surface area (Å²) in [4.78, 5) is 25.8. The fraction of sp³-hybridized carbons (Fsp3) is 0.273. The van der Waals surface area contributed by atoms with Gasteiger partial charge in [-0.3, -0.25) is 14.5 Å². The number of rotatable bonds is 5. The van der Waals surface area contributed by atoms with E-state index in [0.29, 0.717) is 21.6 Å². The number of aromatic nitrogens is 3. The van der Waals surface area contributed by atoms with Crippen molar-refractivity contribution in [3.63, 3.8) is 0 Å². The fourth-order valence-corrected chi connectivity index (χ4v) is 4.39. The molecule has 0 fully saturated rings. The van der Waals surface area contributed by atoms with Gasteiger partial charge in [0.25, 0.3) is 0 Å². The van der Waals surface area contributed by atoms with Crippen LogP contribution in [0.4, 0.5) is 24.5 Å². The molecule has 4 rings (SSSR count). The van der Waals surface area contributed by atoms with E-state index in [1.54, 1.807) is 49.1 Å². The topological polar surface area (TPSA) is 89.4 Å². The van der Waals surface area contributed by atoms with Gasteiger partial charge >= 0.3 is 6.18 Å². The SMILES string of the molecule is COc1ccc(-c2nnc(SCC(=O)N3c4ccccc4NC(=O)CC3C(F)(F)F)n2C)cc1. The monoisotopic (exact) mass is 491 g/mol. The summed E-state index contributed by atoms with van der Waals surface area (Å²) in [5, 5.41) is 11.0. The maximum atomic E-state index is 13.9. The lowest BCUT2D eigenvalue weighted by Gasteiger charge is -2.31. The number of fused-ring (bicyclic) bond motifs is 1. The summed E-state index contributed by atoms with van der Waals surface area (Å²) < 4.78 is 48.4. The van der Waals surface area contributed by atoms with E-state index in [1.807, 2.05) is 0 Å². The van der Waals surface area contributed by atoms with Crippen molar-refractivity contribution in [2.45, 2.75) is 23.8 Å². The first kappa shape index (κ1) is 23.6. The first-order valence-corrected chi connectivity index (χ1v) is 11.1. The molecular weight excluding hydrogens is 471 g/mol. The molecule has 0 saturated heterocycles. The van der Waals surface area contributed by atoms with Crippen LogP contribution in [0, 0.1) is 0 Å². The number of methoxy groups -OCH3 is 1. The van der Waals surface area contributed by atoms with Crippen LogP contribution >= 0.6 is 11.8 Å². The third kappa shape index (κ3) is 4.72. The predicted molar refractivity (Wildman–Crippen MR) is 121 cm³/mol. The highest BCUT2D eigenvalue weighted by Gasteiger charge is 2.48. The summed E-state index contributed by atoms with van der Waals surface area (Å²) in [6.07, 6.45) is -5.68. The lowest BCUT2D eigenvalue weighted by atomic mass is 10.1. The maximum absolute atomic E-state index is 13.9. The number of halogens is 3. The van der Waals surface area contributed by atoms with Crippen LogP contribution in [0.3, 0.4) is 0 Å². The molecule has 1 aliphatic rings. The highest BCUT2D eigenvalue weighted by atomic mass is 32.2. The van der Waals surface area contributed by atoms with Crippen molar-refractivity contribution in [1.29, 1.82) is 0 Å². The summed E-state index contributed by atoms with van der Waals surface area (Å²) in [7, 11) is 3.26. The smallest absolute Gasteiger partial charge is 0.409 e. The Balaban J connectivity index is 1.58. The normalized spacial score (nSPS) is 16.0. The first-order chi connectivity index (χ1) is 16.2. The zero-order chi connectivity index (χ0) is 24.5. The number of ether oxygens (including phenoxy) is 1. The Bertz CT molecular complexity index is 1210. The zero-order valence-electron chi connectivity index (χ0n) is 18.2. The van der Waals surface area contributed by atoms with Crippen molar-refractivity contribution in [1.82, 2.24) is 14.8 Å². The Morgan fingerprint density at radius 3 is 2.56 bits per heavy atom. The molecule has 34 heavy (non-hydrogen) atoms. The quantitative estimate of drug-likeness (QED) is 0.545. The molecule has 8 nitrogen and oxygen atoms in total. The lowest BCUT2D eigenvalue weighted by molar-refractivity contribution is -0.157. The summed E-state index contributed by atoms with van der Waals surface area (Å²) in [5.74, 6) is -0.735. The van der Waals surface area contributed by atoms with Crippen LogP contribution in [0.15, 0.2) is 53.7 Å². The van der Waals surface area contributed by atoms with E-state index in [0.717, 1.165) is 17.3 Å². The number of nitrogens with one attached hydrogen (secondary N) is 1. The van der Waals surface area contributed by atoms with Crippen LogP contribution in [0.1, 0.15) is 6.42 Å². The minimum Gasteiger partial charge on any atom is -0.497 e. The van der Waals surface area contributed by atoms with Gasteiger partial charge in [0.1, 0.15) is 11.8 Å². The Kier molecular flexibility index (Phi) is 6.51. The predicted octanol–water partition coefficient (Wildman–Crippen LogP) is 3.89. The minimum absolute atomic E-state index is 0.00170. The molecule has 2 heterocycles. The molecule has 0 radical (unpaired) electrons. The van der Waals surface area contributed by atoms with Gasteiger partial charge < -0.3 is 14.6 Å². The van der Waals surface area contributed by atoms with Crippen LogP contribution < -0.4 is 15.0 Å². The summed E-state index contributed by atoms with van der Waals surface area (Å²) in [5.41, 5.74) is 0.911. The van der Waals surface area contributed by atoms with Crippen molar-refractivity contribution in [3.05, 3.63) is 48.5 Å². The molecule has 0 spiro atoms. The van der Waals surface area contributed by atoms with Gasteiger partial charge in [0, 0.05) is 12.6 Å². The molecule has 0 bridgehead atoms. The molecule has 1 unspecified atom stereocenters. The van der Waals surface area contributed by atoms with Crippen LogP contribution in [0.5, 0.6) is 5.75 Å². The number of hydrogen-bond acceptors (Lipinski definition) is 6. The van der Waals surface area contributed by atoms with E-state index in [-0.39, 0.29) is 17.1 Å². The van der Waals surface area contributed by atoms with Crippen LogP contribution in [-0.4, -0.2) is 51.7 Å². The number of carbonyl (C=O) groups excluding carboxylic acids is 2. The molecule has 1 aromatic heterocycles. The van der Waals surface area contributed by atoms with Crippen LogP contribution in [-0.2, 0) is 16.6 Å². The number of anilines is 2. The highest BCUT2D eigenvalue weighted by molar-refractivity contribution is 7.99. The average Bonchev–Trinajstić information content (AvgIpc) is 3.09.